The van der Waals surface area contributed by atoms with E-state index in [0.29, 0.717) is 5.69 Å². The zero-order chi connectivity index (χ0) is 15.6. The summed E-state index contributed by atoms with van der Waals surface area (Å²) in [6.45, 7) is 3.91. The molecule has 1 aromatic heterocycles. The molecule has 1 aromatic carbocycles. The number of rotatable bonds is 5. The molecular weight excluding hydrogens is 306 g/mol. The summed E-state index contributed by atoms with van der Waals surface area (Å²) in [7, 11) is -2.03. The molecule has 0 aliphatic rings. The van der Waals surface area contributed by atoms with Gasteiger partial charge < -0.3 is 0 Å². The normalized spacial score (nSPS) is 11.9. The van der Waals surface area contributed by atoms with Crippen LogP contribution in [0.25, 0.3) is 0 Å². The Morgan fingerprint density at radius 2 is 1.86 bits per heavy atom. The third kappa shape index (κ3) is 3.24. The number of aromatic nitrogens is 2. The van der Waals surface area contributed by atoms with Crippen LogP contribution in [-0.4, -0.2) is 31.5 Å². The Kier molecular flexibility index (Phi) is 4.63. The zero-order valence-corrected chi connectivity index (χ0v) is 14.1. The summed E-state index contributed by atoms with van der Waals surface area (Å²) >= 11 is 1.62. The molecule has 0 aliphatic carbocycles. The van der Waals surface area contributed by atoms with Crippen LogP contribution in [0.3, 0.4) is 0 Å². The first-order valence-electron chi connectivity index (χ1n) is 6.53. The van der Waals surface area contributed by atoms with E-state index in [-0.39, 0.29) is 10.9 Å². The standard InChI is InChI=1S/C14H19N3O2S2/c1-11(2)17-10-14(9-15-17)21(18,19)16(3)12-5-7-13(20-4)8-6-12/h5-11H,1-4H3. The van der Waals surface area contributed by atoms with Gasteiger partial charge in [0.15, 0.2) is 0 Å². The van der Waals surface area contributed by atoms with E-state index in [1.165, 1.54) is 10.5 Å². The second-order valence-electron chi connectivity index (χ2n) is 4.92. The third-order valence-electron chi connectivity index (χ3n) is 3.20. The largest absolute Gasteiger partial charge is 0.269 e. The van der Waals surface area contributed by atoms with E-state index in [2.05, 4.69) is 5.10 Å². The first-order chi connectivity index (χ1) is 9.86. The number of anilines is 1. The molecule has 0 unspecified atom stereocenters. The molecule has 0 saturated heterocycles. The maximum absolute atomic E-state index is 12.6. The van der Waals surface area contributed by atoms with E-state index in [1.807, 2.05) is 32.2 Å². The van der Waals surface area contributed by atoms with Crippen LogP contribution in [0.5, 0.6) is 0 Å². The fourth-order valence-electron chi connectivity index (χ4n) is 1.83. The lowest BCUT2D eigenvalue weighted by atomic mass is 10.3. The lowest BCUT2D eigenvalue weighted by molar-refractivity contribution is 0.531. The fraction of sp³-hybridized carbons (Fsp3) is 0.357. The summed E-state index contributed by atoms with van der Waals surface area (Å²) < 4.78 is 28.1. The SMILES string of the molecule is CSc1ccc(N(C)S(=O)(=O)c2cnn(C(C)C)c2)cc1. The first-order valence-corrected chi connectivity index (χ1v) is 9.20. The number of hydrogen-bond donors (Lipinski definition) is 0. The second kappa shape index (κ2) is 6.11. The molecule has 5 nitrogen and oxygen atoms in total. The molecular formula is C14H19N3O2S2. The van der Waals surface area contributed by atoms with Crippen LogP contribution in [0.15, 0.2) is 46.5 Å². The molecule has 2 aromatic rings. The van der Waals surface area contributed by atoms with Crippen LogP contribution in [-0.2, 0) is 10.0 Å². The molecule has 1 heterocycles. The molecule has 0 radical (unpaired) electrons. The minimum absolute atomic E-state index is 0.125. The van der Waals surface area contributed by atoms with Gasteiger partial charge in [-0.15, -0.1) is 11.8 Å². The Morgan fingerprint density at radius 3 is 2.33 bits per heavy atom. The molecule has 0 atom stereocenters. The highest BCUT2D eigenvalue weighted by Crippen LogP contribution is 2.24. The van der Waals surface area contributed by atoms with Crippen molar-refractivity contribution >= 4 is 27.5 Å². The van der Waals surface area contributed by atoms with Crippen LogP contribution < -0.4 is 4.31 Å². The Balaban J connectivity index is 2.32. The van der Waals surface area contributed by atoms with Crippen molar-refractivity contribution in [2.75, 3.05) is 17.6 Å². The first kappa shape index (κ1) is 15.9. The Morgan fingerprint density at radius 1 is 1.24 bits per heavy atom. The number of thioether (sulfide) groups is 1. The Labute approximate surface area is 130 Å². The molecule has 0 aliphatic heterocycles. The maximum atomic E-state index is 12.6. The minimum atomic E-state index is -3.58. The van der Waals surface area contributed by atoms with Crippen LogP contribution in [0, 0.1) is 0 Å². The maximum Gasteiger partial charge on any atom is 0.267 e. The van der Waals surface area contributed by atoms with Gasteiger partial charge in [-0.3, -0.25) is 8.99 Å². The van der Waals surface area contributed by atoms with Crippen molar-refractivity contribution in [2.45, 2.75) is 29.7 Å². The average molecular weight is 325 g/mol. The van der Waals surface area contributed by atoms with Gasteiger partial charge in [0.2, 0.25) is 0 Å². The average Bonchev–Trinajstić information content (AvgIpc) is 2.97. The van der Waals surface area contributed by atoms with Gasteiger partial charge in [-0.1, -0.05) is 0 Å². The van der Waals surface area contributed by atoms with Crippen LogP contribution in [0.1, 0.15) is 19.9 Å². The highest BCUT2D eigenvalue weighted by molar-refractivity contribution is 7.98. The van der Waals surface area contributed by atoms with Gasteiger partial charge in [0.05, 0.1) is 11.9 Å². The van der Waals surface area contributed by atoms with E-state index in [0.717, 1.165) is 4.90 Å². The second-order valence-corrected chi connectivity index (χ2v) is 7.77. The van der Waals surface area contributed by atoms with Crippen molar-refractivity contribution in [2.24, 2.45) is 0 Å². The van der Waals surface area contributed by atoms with E-state index in [9.17, 15) is 8.42 Å². The molecule has 0 spiro atoms. The van der Waals surface area contributed by atoms with Gasteiger partial charge in [0.25, 0.3) is 10.0 Å². The van der Waals surface area contributed by atoms with E-state index >= 15 is 0 Å². The number of sulfonamides is 1. The molecule has 114 valence electrons. The lowest BCUT2D eigenvalue weighted by Crippen LogP contribution is -2.26. The van der Waals surface area contributed by atoms with Gasteiger partial charge in [-0.25, -0.2) is 8.42 Å². The third-order valence-corrected chi connectivity index (χ3v) is 5.68. The highest BCUT2D eigenvalue weighted by Gasteiger charge is 2.23. The molecule has 0 saturated carbocycles. The summed E-state index contributed by atoms with van der Waals surface area (Å²) in [4.78, 5) is 1.30. The summed E-state index contributed by atoms with van der Waals surface area (Å²) in [5, 5.41) is 4.09. The smallest absolute Gasteiger partial charge is 0.267 e. The van der Waals surface area contributed by atoms with Gasteiger partial charge in [-0.05, 0) is 44.4 Å². The molecule has 0 fully saturated rings. The minimum Gasteiger partial charge on any atom is -0.269 e. The van der Waals surface area contributed by atoms with Crippen LogP contribution >= 0.6 is 11.8 Å². The monoisotopic (exact) mass is 325 g/mol. The molecule has 0 bridgehead atoms. The highest BCUT2D eigenvalue weighted by atomic mass is 32.2. The van der Waals surface area contributed by atoms with E-state index < -0.39 is 10.0 Å². The summed E-state index contributed by atoms with van der Waals surface area (Å²) in [6, 6.07) is 7.54. The number of nitrogens with zero attached hydrogens (tertiary/aromatic N) is 3. The lowest BCUT2D eigenvalue weighted by Gasteiger charge is -2.18. The summed E-state index contributed by atoms with van der Waals surface area (Å²) in [5.74, 6) is 0. The van der Waals surface area contributed by atoms with E-state index in [4.69, 9.17) is 0 Å². The quantitative estimate of drug-likeness (QED) is 0.793. The van der Waals surface area contributed by atoms with Crippen LogP contribution in [0.2, 0.25) is 0 Å². The number of hydrogen-bond acceptors (Lipinski definition) is 4. The number of benzene rings is 1. The predicted octanol–water partition coefficient (Wildman–Crippen LogP) is 3.01. The van der Waals surface area contributed by atoms with Crippen molar-refractivity contribution in [3.05, 3.63) is 36.7 Å². The van der Waals surface area contributed by atoms with E-state index in [1.54, 1.807) is 41.8 Å². The topological polar surface area (TPSA) is 55.2 Å². The van der Waals surface area contributed by atoms with Crippen molar-refractivity contribution < 1.29 is 8.42 Å². The fourth-order valence-corrected chi connectivity index (χ4v) is 3.37. The Hall–Kier alpha value is -1.47. The zero-order valence-electron chi connectivity index (χ0n) is 12.5. The van der Waals surface area contributed by atoms with Gasteiger partial charge in [0.1, 0.15) is 4.90 Å². The molecule has 0 N–H and O–H groups in total. The molecule has 0 amide bonds. The molecule has 21 heavy (non-hydrogen) atoms. The van der Waals surface area contributed by atoms with Crippen molar-refractivity contribution in [1.82, 2.24) is 9.78 Å². The summed E-state index contributed by atoms with van der Waals surface area (Å²) in [6.07, 6.45) is 4.94. The predicted molar refractivity (Wildman–Crippen MR) is 86.4 cm³/mol. The van der Waals surface area contributed by atoms with Crippen molar-refractivity contribution in [1.29, 1.82) is 0 Å². The molecule has 2 rings (SSSR count). The Bertz CT molecular complexity index is 706. The van der Waals surface area contributed by atoms with Gasteiger partial charge >= 0.3 is 0 Å². The van der Waals surface area contributed by atoms with Crippen molar-refractivity contribution in [3.8, 4) is 0 Å². The summed E-state index contributed by atoms with van der Waals surface area (Å²) in [5.41, 5.74) is 0.630. The van der Waals surface area contributed by atoms with Gasteiger partial charge in [0, 0.05) is 24.2 Å². The van der Waals surface area contributed by atoms with Gasteiger partial charge in [-0.2, -0.15) is 5.10 Å². The van der Waals surface area contributed by atoms with Crippen molar-refractivity contribution in [3.63, 3.8) is 0 Å². The molecule has 7 heteroatoms. The van der Waals surface area contributed by atoms with Crippen LogP contribution in [0.4, 0.5) is 5.69 Å².